The molecule has 0 aliphatic heterocycles. The van der Waals surface area contributed by atoms with Gasteiger partial charge in [-0.1, -0.05) is 50.5 Å². The zero-order chi connectivity index (χ0) is 24.1. The van der Waals surface area contributed by atoms with Gasteiger partial charge >= 0.3 is 34.5 Å². The Morgan fingerprint density at radius 1 is 0.545 bits per heavy atom. The van der Waals surface area contributed by atoms with Gasteiger partial charge in [0.2, 0.25) is 0 Å². The van der Waals surface area contributed by atoms with E-state index < -0.39 is 17.6 Å². The Morgan fingerprint density at radius 2 is 0.909 bits per heavy atom. The van der Waals surface area contributed by atoms with Gasteiger partial charge in [0.15, 0.2) is 0 Å². The van der Waals surface area contributed by atoms with Crippen LogP contribution in [0.25, 0.3) is 22.8 Å². The van der Waals surface area contributed by atoms with Crippen LogP contribution in [0.2, 0.25) is 26.2 Å². The second-order valence-electron chi connectivity index (χ2n) is 7.34. The monoisotopic (exact) mass is 598 g/mol. The van der Waals surface area contributed by atoms with Gasteiger partial charge in [-0.25, -0.2) is 0 Å². The molecule has 0 atom stereocenters. The molecule has 0 N–H and O–H groups in total. The van der Waals surface area contributed by atoms with Crippen molar-refractivity contribution in [3.8, 4) is 22.8 Å². The molecule has 2 radical (unpaired) electrons. The summed E-state index contributed by atoms with van der Waals surface area (Å²) < 4.78 is 0. The Labute approximate surface area is 215 Å². The molecule has 172 valence electrons. The zero-order valence-corrected chi connectivity index (χ0v) is 24.2. The number of halogens is 2. The van der Waals surface area contributed by atoms with Gasteiger partial charge in [-0.15, -0.1) is 0 Å². The molecule has 0 aromatic carbocycles. The van der Waals surface area contributed by atoms with Crippen molar-refractivity contribution in [3.05, 3.63) is 85.5 Å². The van der Waals surface area contributed by atoms with Crippen LogP contribution in [0.3, 0.4) is 0 Å². The van der Waals surface area contributed by atoms with Gasteiger partial charge in [-0.3, -0.25) is 19.9 Å². The average Bonchev–Trinajstić information content (AvgIpc) is 2.86. The van der Waals surface area contributed by atoms with Crippen LogP contribution in [0.15, 0.2) is 85.5 Å². The molecule has 0 aliphatic carbocycles. The van der Waals surface area contributed by atoms with Crippen molar-refractivity contribution >= 4 is 47.3 Å². The average molecular weight is 599 g/mol. The first-order chi connectivity index (χ1) is 16.0. The van der Waals surface area contributed by atoms with Crippen molar-refractivity contribution < 1.29 is 15.1 Å². The fraction of sp³-hybridized carbons (Fsp3) is 0.167. The van der Waals surface area contributed by atoms with Gasteiger partial charge in [0, 0.05) is 24.8 Å². The Balaban J connectivity index is 0.000000209. The van der Waals surface area contributed by atoms with E-state index in [-0.39, 0.29) is 15.1 Å². The number of pyridine rings is 4. The summed E-state index contributed by atoms with van der Waals surface area (Å²) in [6.45, 7) is 9.06. The van der Waals surface area contributed by atoms with Gasteiger partial charge in [0.05, 0.1) is 40.4 Å². The van der Waals surface area contributed by atoms with Crippen molar-refractivity contribution in [1.82, 2.24) is 19.9 Å². The maximum absolute atomic E-state index is 4.85. The first-order valence-corrected chi connectivity index (χ1v) is 19.6. The number of hydrogen-bond acceptors (Lipinski definition) is 4. The van der Waals surface area contributed by atoms with Crippen molar-refractivity contribution in [1.29, 1.82) is 0 Å². The fourth-order valence-corrected chi connectivity index (χ4v) is 4.19. The van der Waals surface area contributed by atoms with E-state index in [1.165, 1.54) is 10.4 Å². The molecule has 0 fully saturated rings. The zero-order valence-electron chi connectivity index (χ0n) is 19.0. The molecule has 33 heavy (non-hydrogen) atoms. The van der Waals surface area contributed by atoms with E-state index >= 15 is 0 Å². The van der Waals surface area contributed by atoms with Crippen LogP contribution in [0.4, 0.5) is 0 Å². The summed E-state index contributed by atoms with van der Waals surface area (Å²) in [6, 6.07) is 20.2. The maximum atomic E-state index is 4.85. The predicted molar refractivity (Wildman–Crippen MR) is 141 cm³/mol. The number of rotatable bonds is 4. The van der Waals surface area contributed by atoms with Gasteiger partial charge in [0.1, 0.15) is 0 Å². The molecule has 0 spiro atoms. The summed E-state index contributed by atoms with van der Waals surface area (Å²) in [4.78, 5) is 17.4. The van der Waals surface area contributed by atoms with Crippen LogP contribution in [0, 0.1) is 0 Å². The molecule has 4 aromatic rings. The molecule has 4 nitrogen and oxygen atoms in total. The second kappa shape index (κ2) is 15.2. The van der Waals surface area contributed by atoms with Gasteiger partial charge < -0.3 is 0 Å². The Bertz CT molecular complexity index is 966. The third kappa shape index (κ3) is 9.55. The molecular formula is C24H26Cl2N4RuSi2. The minimum atomic E-state index is -0.393. The van der Waals surface area contributed by atoms with E-state index in [1.807, 2.05) is 48.8 Å². The normalized spacial score (nSPS) is 10.3. The number of nitrogens with zero attached hydrogens (tertiary/aromatic N) is 4. The fourth-order valence-electron chi connectivity index (χ4n) is 2.71. The molecule has 4 rings (SSSR count). The molecule has 0 bridgehead atoms. The molecule has 9 heteroatoms. The molecule has 0 saturated heterocycles. The summed E-state index contributed by atoms with van der Waals surface area (Å²) in [6.07, 6.45) is 7.52. The number of aromatic nitrogens is 4. The predicted octanol–water partition coefficient (Wildman–Crippen LogP) is 5.59. The summed E-state index contributed by atoms with van der Waals surface area (Å²) in [5.74, 6) is 0. The van der Waals surface area contributed by atoms with Crippen molar-refractivity contribution in [2.75, 3.05) is 0 Å². The van der Waals surface area contributed by atoms with E-state index in [0.29, 0.717) is 0 Å². The molecule has 0 unspecified atom stereocenters. The van der Waals surface area contributed by atoms with Crippen LogP contribution in [0.5, 0.6) is 0 Å². The number of hydrogen-bond donors (Lipinski definition) is 0. The molecule has 0 aliphatic rings. The van der Waals surface area contributed by atoms with Crippen LogP contribution >= 0.6 is 19.4 Å². The molecule has 0 saturated carbocycles. The summed E-state index contributed by atoms with van der Waals surface area (Å²) >= 11 is -0.346. The van der Waals surface area contributed by atoms with E-state index in [0.717, 1.165) is 22.8 Å². The van der Waals surface area contributed by atoms with Crippen LogP contribution < -0.4 is 10.4 Å². The SMILES string of the molecule is C[Si](C)c1ccc(-c2ccccn2)nc1.C[Si](C)c1ccc(-c2ccccn2)nc1.[Cl][Ru][Cl]. The third-order valence-corrected chi connectivity index (χ3v) is 7.44. The summed E-state index contributed by atoms with van der Waals surface area (Å²) in [5, 5.41) is 2.72. The summed E-state index contributed by atoms with van der Waals surface area (Å²) in [5.41, 5.74) is 3.76. The van der Waals surface area contributed by atoms with Crippen molar-refractivity contribution in [3.63, 3.8) is 0 Å². The van der Waals surface area contributed by atoms with Crippen LogP contribution in [-0.4, -0.2) is 37.5 Å². The van der Waals surface area contributed by atoms with Gasteiger partial charge in [-0.05, 0) is 46.8 Å². The van der Waals surface area contributed by atoms with Crippen LogP contribution in [0.1, 0.15) is 0 Å². The molecule has 0 amide bonds. The minimum absolute atomic E-state index is 0.346. The molecular weight excluding hydrogens is 572 g/mol. The quantitative estimate of drug-likeness (QED) is 0.288. The first-order valence-electron chi connectivity index (χ1n) is 10.2. The Hall–Kier alpha value is -1.76. The van der Waals surface area contributed by atoms with Gasteiger partial charge in [-0.2, -0.15) is 0 Å². The first kappa shape index (κ1) is 27.5. The molecule has 4 heterocycles. The van der Waals surface area contributed by atoms with E-state index in [9.17, 15) is 0 Å². The van der Waals surface area contributed by atoms with Crippen LogP contribution in [-0.2, 0) is 15.1 Å². The molecule has 4 aromatic heterocycles. The Morgan fingerprint density at radius 3 is 1.15 bits per heavy atom. The van der Waals surface area contributed by atoms with E-state index in [2.05, 4.69) is 70.4 Å². The van der Waals surface area contributed by atoms with Crippen molar-refractivity contribution in [2.24, 2.45) is 0 Å². The van der Waals surface area contributed by atoms with Crippen molar-refractivity contribution in [2.45, 2.75) is 26.2 Å². The van der Waals surface area contributed by atoms with Gasteiger partial charge in [0.25, 0.3) is 0 Å². The standard InChI is InChI=1S/2C12H13N2Si.2ClH.Ru/c2*1-15(2)10-6-7-12(14-9-10)11-5-3-4-8-13-11;;;/h2*3-9H,1-2H3;2*1H;/q;;;;+2/p-2. The van der Waals surface area contributed by atoms with E-state index in [4.69, 9.17) is 19.4 Å². The summed E-state index contributed by atoms with van der Waals surface area (Å²) in [7, 11) is 8.92. The second-order valence-corrected chi connectivity index (χ2v) is 15.1. The Kier molecular flexibility index (Phi) is 12.7. The third-order valence-electron chi connectivity index (χ3n) is 4.54. The van der Waals surface area contributed by atoms with E-state index in [1.54, 1.807) is 12.4 Å². The topological polar surface area (TPSA) is 51.6 Å².